The molecule has 0 aliphatic carbocycles. The van der Waals surface area contributed by atoms with Gasteiger partial charge in [0.25, 0.3) is 0 Å². The lowest BCUT2D eigenvalue weighted by atomic mass is 10.1. The second-order valence-electron chi connectivity index (χ2n) is 5.72. The highest BCUT2D eigenvalue weighted by molar-refractivity contribution is 5.39. The van der Waals surface area contributed by atoms with Crippen molar-refractivity contribution in [1.29, 1.82) is 0 Å². The summed E-state index contributed by atoms with van der Waals surface area (Å²) in [7, 11) is 1.69. The van der Waals surface area contributed by atoms with Gasteiger partial charge < -0.3 is 15.0 Å². The Morgan fingerprint density at radius 3 is 2.91 bits per heavy atom. The molecule has 1 aliphatic rings. The van der Waals surface area contributed by atoms with E-state index in [1.165, 1.54) is 24.8 Å². The first-order valence-electron chi connectivity index (χ1n) is 8.16. The van der Waals surface area contributed by atoms with Gasteiger partial charge in [0.15, 0.2) is 5.82 Å². The molecule has 1 aromatic heterocycles. The first kappa shape index (κ1) is 15.5. The third-order valence-electron chi connectivity index (χ3n) is 4.04. The molecule has 6 nitrogen and oxygen atoms in total. The number of benzene rings is 1. The van der Waals surface area contributed by atoms with Crippen LogP contribution in [-0.2, 0) is 6.42 Å². The van der Waals surface area contributed by atoms with Gasteiger partial charge in [-0.05, 0) is 43.4 Å². The molecular weight excluding hydrogens is 290 g/mol. The maximum atomic E-state index is 5.25. The van der Waals surface area contributed by atoms with Crippen LogP contribution in [0.25, 0.3) is 0 Å². The van der Waals surface area contributed by atoms with E-state index in [4.69, 9.17) is 4.74 Å². The second-order valence-corrected chi connectivity index (χ2v) is 5.72. The second kappa shape index (κ2) is 7.76. The van der Waals surface area contributed by atoms with E-state index in [1.54, 1.807) is 13.3 Å². The Balaban J connectivity index is 1.55. The minimum Gasteiger partial charge on any atom is -0.497 e. The zero-order valence-corrected chi connectivity index (χ0v) is 13.5. The summed E-state index contributed by atoms with van der Waals surface area (Å²) in [5.74, 6) is 2.40. The Hall–Kier alpha value is -2.37. The molecule has 3 rings (SSSR count). The Labute approximate surface area is 136 Å². The van der Waals surface area contributed by atoms with Crippen LogP contribution in [0.15, 0.2) is 30.5 Å². The van der Waals surface area contributed by atoms with Crippen molar-refractivity contribution in [3.8, 4) is 5.75 Å². The molecule has 6 heteroatoms. The number of nitrogens with one attached hydrogen (secondary N) is 1. The maximum absolute atomic E-state index is 5.25. The lowest BCUT2D eigenvalue weighted by molar-refractivity contribution is 0.414. The number of aromatic nitrogens is 3. The lowest BCUT2D eigenvalue weighted by Gasteiger charge is -2.26. The molecular formula is C17H23N5O. The number of nitrogens with zero attached hydrogens (tertiary/aromatic N) is 4. The smallest absolute Gasteiger partial charge is 0.247 e. The van der Waals surface area contributed by atoms with Crippen LogP contribution < -0.4 is 15.0 Å². The van der Waals surface area contributed by atoms with Gasteiger partial charge in [0.2, 0.25) is 5.95 Å². The lowest BCUT2D eigenvalue weighted by Crippen LogP contribution is -2.31. The Kier molecular flexibility index (Phi) is 5.24. The Morgan fingerprint density at radius 1 is 1.22 bits per heavy atom. The quantitative estimate of drug-likeness (QED) is 0.884. The van der Waals surface area contributed by atoms with E-state index in [0.29, 0.717) is 0 Å². The van der Waals surface area contributed by atoms with Crippen LogP contribution in [0.5, 0.6) is 5.75 Å². The molecule has 122 valence electrons. The minimum absolute atomic E-state index is 0.732. The van der Waals surface area contributed by atoms with Crippen molar-refractivity contribution >= 4 is 11.8 Å². The predicted octanol–water partition coefficient (Wildman–Crippen LogP) is 2.53. The van der Waals surface area contributed by atoms with Crippen LogP contribution in [-0.4, -0.2) is 41.9 Å². The van der Waals surface area contributed by atoms with Gasteiger partial charge in [-0.15, -0.1) is 5.10 Å². The van der Waals surface area contributed by atoms with E-state index in [1.807, 2.05) is 12.1 Å². The molecule has 1 aromatic carbocycles. The Morgan fingerprint density at radius 2 is 2.09 bits per heavy atom. The molecule has 1 aliphatic heterocycles. The number of hydrogen-bond donors (Lipinski definition) is 1. The molecule has 1 saturated heterocycles. The summed E-state index contributed by atoms with van der Waals surface area (Å²) in [6.07, 6.45) is 6.29. The topological polar surface area (TPSA) is 63.2 Å². The number of piperidine rings is 1. The highest BCUT2D eigenvalue weighted by Crippen LogP contribution is 2.16. The van der Waals surface area contributed by atoms with Crippen LogP contribution in [0.1, 0.15) is 24.8 Å². The van der Waals surface area contributed by atoms with E-state index in [9.17, 15) is 0 Å². The third-order valence-corrected chi connectivity index (χ3v) is 4.04. The Bertz CT molecular complexity index is 628. The first-order chi connectivity index (χ1) is 11.3. The number of hydrogen-bond acceptors (Lipinski definition) is 6. The van der Waals surface area contributed by atoms with Crippen LogP contribution >= 0.6 is 0 Å². The molecule has 23 heavy (non-hydrogen) atoms. The molecule has 0 saturated carbocycles. The van der Waals surface area contributed by atoms with Crippen LogP contribution in [0, 0.1) is 0 Å². The fourth-order valence-corrected chi connectivity index (χ4v) is 2.77. The predicted molar refractivity (Wildman–Crippen MR) is 91.1 cm³/mol. The molecule has 2 heterocycles. The van der Waals surface area contributed by atoms with Crippen LogP contribution in [0.3, 0.4) is 0 Å². The van der Waals surface area contributed by atoms with E-state index >= 15 is 0 Å². The van der Waals surface area contributed by atoms with E-state index in [2.05, 4.69) is 37.5 Å². The van der Waals surface area contributed by atoms with E-state index in [-0.39, 0.29) is 0 Å². The zero-order valence-electron chi connectivity index (χ0n) is 13.5. The summed E-state index contributed by atoms with van der Waals surface area (Å²) in [6, 6.07) is 8.12. The fraction of sp³-hybridized carbons (Fsp3) is 0.471. The number of rotatable bonds is 6. The normalized spacial score (nSPS) is 14.6. The van der Waals surface area contributed by atoms with E-state index in [0.717, 1.165) is 43.6 Å². The summed E-state index contributed by atoms with van der Waals surface area (Å²) in [4.78, 5) is 6.79. The van der Waals surface area contributed by atoms with Crippen LogP contribution in [0.2, 0.25) is 0 Å². The molecule has 0 atom stereocenters. The number of anilines is 2. The van der Waals surface area contributed by atoms with Crippen molar-refractivity contribution in [3.05, 3.63) is 36.0 Å². The van der Waals surface area contributed by atoms with Gasteiger partial charge in [-0.1, -0.05) is 12.1 Å². The standard InChI is InChI=1S/C17H23N5O/c1-23-15-7-5-6-14(12-15)8-9-18-16-13-19-21-17(20-16)22-10-3-2-4-11-22/h5-7,12-13H,2-4,8-11H2,1H3,(H,18,20,21). The SMILES string of the molecule is COc1cccc(CCNc2cnnc(N3CCCCC3)n2)c1. The zero-order chi connectivity index (χ0) is 15.9. The molecule has 1 fully saturated rings. The molecule has 0 bridgehead atoms. The van der Waals surface area contributed by atoms with Crippen molar-refractivity contribution in [2.75, 3.05) is 37.0 Å². The molecule has 2 aromatic rings. The largest absolute Gasteiger partial charge is 0.497 e. The molecule has 0 spiro atoms. The average Bonchev–Trinajstić information content (AvgIpc) is 2.63. The fourth-order valence-electron chi connectivity index (χ4n) is 2.77. The summed E-state index contributed by atoms with van der Waals surface area (Å²) in [5, 5.41) is 11.6. The van der Waals surface area contributed by atoms with E-state index < -0.39 is 0 Å². The van der Waals surface area contributed by atoms with Crippen molar-refractivity contribution in [2.24, 2.45) is 0 Å². The highest BCUT2D eigenvalue weighted by atomic mass is 16.5. The molecule has 1 N–H and O–H groups in total. The van der Waals surface area contributed by atoms with Crippen molar-refractivity contribution in [2.45, 2.75) is 25.7 Å². The van der Waals surface area contributed by atoms with Gasteiger partial charge in [0.05, 0.1) is 13.3 Å². The van der Waals surface area contributed by atoms with Gasteiger partial charge in [-0.25, -0.2) is 0 Å². The third kappa shape index (κ3) is 4.31. The summed E-state index contributed by atoms with van der Waals surface area (Å²) >= 11 is 0. The van der Waals surface area contributed by atoms with Gasteiger partial charge in [-0.2, -0.15) is 10.1 Å². The maximum Gasteiger partial charge on any atom is 0.247 e. The van der Waals surface area contributed by atoms with Crippen molar-refractivity contribution < 1.29 is 4.74 Å². The van der Waals surface area contributed by atoms with Crippen molar-refractivity contribution in [3.63, 3.8) is 0 Å². The average molecular weight is 313 g/mol. The monoisotopic (exact) mass is 313 g/mol. The van der Waals surface area contributed by atoms with Gasteiger partial charge in [0.1, 0.15) is 5.75 Å². The van der Waals surface area contributed by atoms with Gasteiger partial charge in [0, 0.05) is 19.6 Å². The number of methoxy groups -OCH3 is 1. The number of ether oxygens (including phenoxy) is 1. The summed E-state index contributed by atoms with van der Waals surface area (Å²) in [5.41, 5.74) is 1.23. The molecule has 0 amide bonds. The first-order valence-corrected chi connectivity index (χ1v) is 8.16. The van der Waals surface area contributed by atoms with Crippen molar-refractivity contribution in [1.82, 2.24) is 15.2 Å². The molecule has 0 radical (unpaired) electrons. The minimum atomic E-state index is 0.732. The summed E-state index contributed by atoms with van der Waals surface area (Å²) < 4.78 is 5.25. The highest BCUT2D eigenvalue weighted by Gasteiger charge is 2.14. The van der Waals surface area contributed by atoms with Crippen LogP contribution in [0.4, 0.5) is 11.8 Å². The van der Waals surface area contributed by atoms with Gasteiger partial charge >= 0.3 is 0 Å². The van der Waals surface area contributed by atoms with Gasteiger partial charge in [-0.3, -0.25) is 0 Å². The summed E-state index contributed by atoms with van der Waals surface area (Å²) in [6.45, 7) is 2.84. The molecule has 0 unspecified atom stereocenters.